The Hall–Kier alpha value is -2.12. The Labute approximate surface area is 178 Å². The lowest BCUT2D eigenvalue weighted by Gasteiger charge is -2.42. The van der Waals surface area contributed by atoms with Crippen LogP contribution in [0.3, 0.4) is 0 Å². The highest BCUT2D eigenvalue weighted by Gasteiger charge is 2.33. The Morgan fingerprint density at radius 2 is 2.00 bits per heavy atom. The van der Waals surface area contributed by atoms with Gasteiger partial charge < -0.3 is 19.3 Å². The number of nitrogens with zero attached hydrogens (tertiary/aromatic N) is 4. The molecule has 1 N–H and O–H groups in total. The van der Waals surface area contributed by atoms with Gasteiger partial charge in [0.1, 0.15) is 5.52 Å². The quantitative estimate of drug-likeness (QED) is 0.751. The molecule has 1 atom stereocenters. The van der Waals surface area contributed by atoms with Crippen molar-refractivity contribution in [2.45, 2.75) is 45.1 Å². The molecule has 0 radical (unpaired) electrons. The Kier molecular flexibility index (Phi) is 6.89. The van der Waals surface area contributed by atoms with Crippen LogP contribution in [0.5, 0.6) is 0 Å². The zero-order valence-electron chi connectivity index (χ0n) is 18.0. The van der Waals surface area contributed by atoms with Crippen LogP contribution in [0, 0.1) is 5.92 Å². The predicted molar refractivity (Wildman–Crippen MR) is 117 cm³/mol. The maximum atomic E-state index is 13.0. The first-order valence-corrected chi connectivity index (χ1v) is 11.4. The molecular formula is C23H34N4O3. The third-order valence-corrected chi connectivity index (χ3v) is 6.51. The van der Waals surface area contributed by atoms with Crippen molar-refractivity contribution in [1.82, 2.24) is 14.8 Å². The number of aliphatic hydroxyl groups excluding tert-OH is 1. The van der Waals surface area contributed by atoms with Crippen molar-refractivity contribution in [1.29, 1.82) is 0 Å². The number of likely N-dealkylation sites (tertiary alicyclic amines) is 1. The Morgan fingerprint density at radius 3 is 2.73 bits per heavy atom. The van der Waals surface area contributed by atoms with E-state index in [1.807, 2.05) is 29.2 Å². The van der Waals surface area contributed by atoms with E-state index >= 15 is 0 Å². The fourth-order valence-corrected chi connectivity index (χ4v) is 4.94. The molecule has 3 heterocycles. The topological polar surface area (TPSA) is 73.1 Å². The number of aromatic nitrogens is 1. The third-order valence-electron chi connectivity index (χ3n) is 6.51. The van der Waals surface area contributed by atoms with Crippen LogP contribution in [-0.2, 0) is 4.79 Å². The molecule has 2 saturated heterocycles. The number of hydrogen-bond acceptors (Lipinski definition) is 6. The fraction of sp³-hybridized carbons (Fsp3) is 0.652. The molecule has 164 valence electrons. The van der Waals surface area contributed by atoms with E-state index in [-0.39, 0.29) is 18.4 Å². The average molecular weight is 415 g/mol. The van der Waals surface area contributed by atoms with Gasteiger partial charge in [0.2, 0.25) is 5.91 Å². The average Bonchev–Trinajstić information content (AvgIpc) is 3.23. The lowest BCUT2D eigenvalue weighted by molar-refractivity contribution is -0.138. The molecule has 2 aliphatic rings. The summed E-state index contributed by atoms with van der Waals surface area (Å²) in [6, 6.07) is 9.14. The molecule has 0 bridgehead atoms. The van der Waals surface area contributed by atoms with Crippen molar-refractivity contribution in [3.8, 4) is 0 Å². The number of anilines is 1. The molecule has 1 amide bonds. The maximum absolute atomic E-state index is 13.0. The second-order valence-corrected chi connectivity index (χ2v) is 8.57. The summed E-state index contributed by atoms with van der Waals surface area (Å²) >= 11 is 0. The first-order chi connectivity index (χ1) is 14.7. The highest BCUT2D eigenvalue weighted by atomic mass is 16.4. The number of carbonyl (C=O) groups excluding carboxylic acids is 1. The number of aliphatic hydroxyl groups is 1. The van der Waals surface area contributed by atoms with E-state index in [0.29, 0.717) is 12.6 Å². The van der Waals surface area contributed by atoms with Crippen molar-refractivity contribution in [3.05, 3.63) is 24.3 Å². The summed E-state index contributed by atoms with van der Waals surface area (Å²) < 4.78 is 5.94. The summed E-state index contributed by atoms with van der Waals surface area (Å²) in [6.07, 6.45) is 5.09. The fourth-order valence-electron chi connectivity index (χ4n) is 4.94. The molecule has 2 aliphatic heterocycles. The first-order valence-electron chi connectivity index (χ1n) is 11.4. The van der Waals surface area contributed by atoms with Crippen LogP contribution in [0.2, 0.25) is 0 Å². The van der Waals surface area contributed by atoms with E-state index in [0.717, 1.165) is 81.9 Å². The third kappa shape index (κ3) is 4.62. The van der Waals surface area contributed by atoms with Gasteiger partial charge in [-0.1, -0.05) is 19.1 Å². The van der Waals surface area contributed by atoms with Crippen LogP contribution >= 0.6 is 0 Å². The molecule has 30 heavy (non-hydrogen) atoms. The number of oxazole rings is 1. The predicted octanol–water partition coefficient (Wildman–Crippen LogP) is 2.74. The summed E-state index contributed by atoms with van der Waals surface area (Å²) in [5.74, 6) is 0.284. The van der Waals surface area contributed by atoms with Gasteiger partial charge in [-0.25, -0.2) is 0 Å². The molecule has 1 aromatic carbocycles. The summed E-state index contributed by atoms with van der Waals surface area (Å²) in [4.78, 5) is 24.2. The molecular weight excluding hydrogens is 380 g/mol. The van der Waals surface area contributed by atoms with Crippen LogP contribution < -0.4 is 4.90 Å². The van der Waals surface area contributed by atoms with Gasteiger partial charge in [0.05, 0.1) is 12.5 Å². The van der Waals surface area contributed by atoms with E-state index < -0.39 is 0 Å². The van der Waals surface area contributed by atoms with Crippen molar-refractivity contribution in [2.75, 3.05) is 50.8 Å². The standard InChI is InChI=1S/C23H34N4O3/c1-2-11-25(15-16-28)22(29)18-6-5-12-27(17-18)19-9-13-26(14-10-19)23-24-20-7-3-4-8-21(20)30-23/h3-4,7-8,18-19,28H,2,5-6,9-17H2,1H3/t18-/m1/s1. The minimum atomic E-state index is 0.0382. The van der Waals surface area contributed by atoms with Gasteiger partial charge in [-0.05, 0) is 50.8 Å². The van der Waals surface area contributed by atoms with Gasteiger partial charge in [-0.3, -0.25) is 9.69 Å². The van der Waals surface area contributed by atoms with Crippen LogP contribution in [0.1, 0.15) is 39.0 Å². The van der Waals surface area contributed by atoms with E-state index in [9.17, 15) is 9.90 Å². The van der Waals surface area contributed by atoms with Crippen LogP contribution in [-0.4, -0.2) is 77.7 Å². The van der Waals surface area contributed by atoms with Crippen molar-refractivity contribution < 1.29 is 14.3 Å². The molecule has 0 unspecified atom stereocenters. The molecule has 7 nitrogen and oxygen atoms in total. The largest absolute Gasteiger partial charge is 0.423 e. The first kappa shape index (κ1) is 21.1. The molecule has 0 spiro atoms. The Balaban J connectivity index is 1.33. The van der Waals surface area contributed by atoms with E-state index in [4.69, 9.17) is 4.42 Å². The summed E-state index contributed by atoms with van der Waals surface area (Å²) in [6.45, 7) is 7.08. The zero-order chi connectivity index (χ0) is 20.9. The highest BCUT2D eigenvalue weighted by Crippen LogP contribution is 2.28. The van der Waals surface area contributed by atoms with E-state index in [1.54, 1.807) is 0 Å². The number of para-hydroxylation sites is 2. The SMILES string of the molecule is CCCN(CCO)C(=O)[C@@H]1CCCN(C2CCN(c3nc4ccccc4o3)CC2)C1. The van der Waals surface area contributed by atoms with Gasteiger partial charge in [0.15, 0.2) is 5.58 Å². The number of amides is 1. The van der Waals surface area contributed by atoms with Crippen LogP contribution in [0.4, 0.5) is 6.01 Å². The summed E-state index contributed by atoms with van der Waals surface area (Å²) in [5, 5.41) is 9.31. The number of rotatable bonds is 7. The molecule has 0 saturated carbocycles. The summed E-state index contributed by atoms with van der Waals surface area (Å²) in [7, 11) is 0. The molecule has 2 aromatic rings. The number of benzene rings is 1. The normalized spacial score (nSPS) is 21.3. The second kappa shape index (κ2) is 9.79. The smallest absolute Gasteiger partial charge is 0.298 e. The zero-order valence-corrected chi connectivity index (χ0v) is 18.0. The maximum Gasteiger partial charge on any atom is 0.298 e. The van der Waals surface area contributed by atoms with Gasteiger partial charge in [-0.15, -0.1) is 0 Å². The molecule has 7 heteroatoms. The minimum absolute atomic E-state index is 0.0382. The summed E-state index contributed by atoms with van der Waals surface area (Å²) in [5.41, 5.74) is 1.75. The van der Waals surface area contributed by atoms with Crippen LogP contribution in [0.25, 0.3) is 11.1 Å². The van der Waals surface area contributed by atoms with Gasteiger partial charge in [0.25, 0.3) is 6.01 Å². The number of hydrogen-bond donors (Lipinski definition) is 1. The molecule has 2 fully saturated rings. The molecule has 1 aromatic heterocycles. The Bertz CT molecular complexity index is 792. The number of fused-ring (bicyclic) bond motifs is 1. The van der Waals surface area contributed by atoms with Crippen molar-refractivity contribution in [3.63, 3.8) is 0 Å². The lowest BCUT2D eigenvalue weighted by atomic mass is 9.93. The lowest BCUT2D eigenvalue weighted by Crippen LogP contribution is -2.51. The van der Waals surface area contributed by atoms with Gasteiger partial charge in [-0.2, -0.15) is 4.98 Å². The second-order valence-electron chi connectivity index (χ2n) is 8.57. The van der Waals surface area contributed by atoms with E-state index in [2.05, 4.69) is 21.7 Å². The molecule has 0 aliphatic carbocycles. The number of piperidine rings is 2. The van der Waals surface area contributed by atoms with Gasteiger partial charge >= 0.3 is 0 Å². The van der Waals surface area contributed by atoms with Crippen LogP contribution in [0.15, 0.2) is 28.7 Å². The van der Waals surface area contributed by atoms with Crippen molar-refractivity contribution in [2.24, 2.45) is 5.92 Å². The number of carbonyl (C=O) groups is 1. The monoisotopic (exact) mass is 414 g/mol. The highest BCUT2D eigenvalue weighted by molar-refractivity contribution is 5.79. The van der Waals surface area contributed by atoms with Gasteiger partial charge in [0, 0.05) is 38.8 Å². The van der Waals surface area contributed by atoms with E-state index in [1.165, 1.54) is 0 Å². The minimum Gasteiger partial charge on any atom is -0.423 e. The molecule has 4 rings (SSSR count). The van der Waals surface area contributed by atoms with Crippen molar-refractivity contribution >= 4 is 23.0 Å². The Morgan fingerprint density at radius 1 is 1.20 bits per heavy atom.